The van der Waals surface area contributed by atoms with Crippen LogP contribution >= 0.6 is 0 Å². The Morgan fingerprint density at radius 2 is 1.94 bits per heavy atom. The van der Waals surface area contributed by atoms with E-state index in [9.17, 15) is 4.79 Å². The zero-order valence-electron chi connectivity index (χ0n) is 18.7. The fraction of sp³-hybridized carbons (Fsp3) is 0.625. The Balaban J connectivity index is 1.49. The molecule has 3 aliphatic rings. The molecule has 8 heteroatoms. The first kappa shape index (κ1) is 22.9. The van der Waals surface area contributed by atoms with Crippen LogP contribution in [0.1, 0.15) is 50.0 Å². The summed E-state index contributed by atoms with van der Waals surface area (Å²) in [4.78, 5) is 15.1. The van der Waals surface area contributed by atoms with Gasteiger partial charge < -0.3 is 33.7 Å². The minimum Gasteiger partial charge on any atom is -0.459 e. The first-order valence-corrected chi connectivity index (χ1v) is 11.5. The lowest BCUT2D eigenvalue weighted by molar-refractivity contribution is -0.157. The summed E-state index contributed by atoms with van der Waals surface area (Å²) in [5.74, 6) is 1.61. The number of rotatable bonds is 9. The number of carbonyl (C=O) groups excluding carboxylic acids is 1. The van der Waals surface area contributed by atoms with Gasteiger partial charge in [-0.25, -0.2) is 0 Å². The number of allylic oxidation sites excluding steroid dienone is 1. The molecule has 0 saturated heterocycles. The monoisotopic (exact) mass is 447 g/mol. The van der Waals surface area contributed by atoms with Crippen molar-refractivity contribution in [2.75, 3.05) is 40.3 Å². The average Bonchev–Trinajstić information content (AvgIpc) is 3.31. The molecule has 1 aromatic carbocycles. The van der Waals surface area contributed by atoms with Crippen molar-refractivity contribution in [1.29, 1.82) is 0 Å². The second kappa shape index (κ2) is 11.0. The summed E-state index contributed by atoms with van der Waals surface area (Å²) in [6.45, 7) is 1.13. The zero-order valence-corrected chi connectivity index (χ0v) is 18.7. The van der Waals surface area contributed by atoms with Crippen molar-refractivity contribution in [2.24, 2.45) is 0 Å². The van der Waals surface area contributed by atoms with Gasteiger partial charge in [0.15, 0.2) is 17.3 Å². The first-order chi connectivity index (χ1) is 15.7. The summed E-state index contributed by atoms with van der Waals surface area (Å²) in [5.41, 5.74) is 1.02. The molecular formula is C24H33NO7. The molecule has 0 spiro atoms. The van der Waals surface area contributed by atoms with Gasteiger partial charge in [-0.2, -0.15) is 0 Å². The van der Waals surface area contributed by atoms with E-state index >= 15 is 0 Å². The molecule has 1 N–H and O–H groups in total. The third-order valence-corrected chi connectivity index (χ3v) is 6.30. The summed E-state index contributed by atoms with van der Waals surface area (Å²) in [6, 6.07) is 6.10. The number of benzene rings is 1. The third kappa shape index (κ3) is 5.54. The van der Waals surface area contributed by atoms with E-state index in [0.29, 0.717) is 31.1 Å². The SMILES string of the molecule is CN(C(=O)C1=C[C@H](c2ccc3c(c2)OCO3)C[C@H](OCCOCCO)O1)C1CCCCC1. The van der Waals surface area contributed by atoms with Crippen molar-refractivity contribution < 1.29 is 33.6 Å². The Morgan fingerprint density at radius 3 is 2.75 bits per heavy atom. The minimum atomic E-state index is -0.563. The smallest absolute Gasteiger partial charge is 0.288 e. The van der Waals surface area contributed by atoms with Crippen molar-refractivity contribution >= 4 is 5.91 Å². The summed E-state index contributed by atoms with van der Waals surface area (Å²) >= 11 is 0. The van der Waals surface area contributed by atoms with E-state index in [1.807, 2.05) is 36.2 Å². The highest BCUT2D eigenvalue weighted by Crippen LogP contribution is 2.38. The number of hydrogen-bond acceptors (Lipinski definition) is 7. The summed E-state index contributed by atoms with van der Waals surface area (Å²) in [5, 5.41) is 8.84. The van der Waals surface area contributed by atoms with E-state index < -0.39 is 6.29 Å². The highest BCUT2D eigenvalue weighted by molar-refractivity contribution is 5.91. The Labute approximate surface area is 189 Å². The highest BCUT2D eigenvalue weighted by Gasteiger charge is 2.33. The molecule has 1 fully saturated rings. The number of fused-ring (bicyclic) bond motifs is 1. The van der Waals surface area contributed by atoms with Crippen molar-refractivity contribution in [3.63, 3.8) is 0 Å². The Bertz CT molecular complexity index is 806. The Hall–Kier alpha value is -2.29. The van der Waals surface area contributed by atoms with Crippen LogP contribution in [0.15, 0.2) is 30.0 Å². The average molecular weight is 448 g/mol. The van der Waals surface area contributed by atoms with Crippen LogP contribution < -0.4 is 9.47 Å². The van der Waals surface area contributed by atoms with E-state index in [4.69, 9.17) is 28.8 Å². The van der Waals surface area contributed by atoms with Gasteiger partial charge in [0.2, 0.25) is 13.1 Å². The summed E-state index contributed by atoms with van der Waals surface area (Å²) in [7, 11) is 1.87. The fourth-order valence-corrected chi connectivity index (χ4v) is 4.50. The van der Waals surface area contributed by atoms with Crippen LogP contribution in [0.4, 0.5) is 0 Å². The standard InChI is InChI=1S/C24H33NO7/c1-25(19-5-3-2-4-6-19)24(27)22-14-18(15-23(32-22)29-12-11-28-10-9-26)17-7-8-20-21(13-17)31-16-30-20/h7-8,13-14,18-19,23,26H,2-6,9-12,15-16H2,1H3/t18-,23+/m0/s1. The number of amides is 1. The van der Waals surface area contributed by atoms with Gasteiger partial charge in [0.05, 0.1) is 26.4 Å². The van der Waals surface area contributed by atoms with Crippen molar-refractivity contribution in [3.8, 4) is 11.5 Å². The number of ether oxygens (including phenoxy) is 5. The predicted octanol–water partition coefficient (Wildman–Crippen LogP) is 2.95. The maximum Gasteiger partial charge on any atom is 0.288 e. The normalized spacial score (nSPS) is 22.9. The van der Waals surface area contributed by atoms with Crippen molar-refractivity contribution in [3.05, 3.63) is 35.6 Å². The Morgan fingerprint density at radius 1 is 1.12 bits per heavy atom. The van der Waals surface area contributed by atoms with Crippen LogP contribution in [0.2, 0.25) is 0 Å². The molecule has 4 rings (SSSR count). The quantitative estimate of drug-likeness (QED) is 0.583. The van der Waals surface area contributed by atoms with Gasteiger partial charge in [-0.15, -0.1) is 0 Å². The van der Waals surface area contributed by atoms with Crippen molar-refractivity contribution in [2.45, 2.75) is 56.8 Å². The van der Waals surface area contributed by atoms with Crippen LogP contribution in [-0.4, -0.2) is 68.5 Å². The number of aliphatic hydroxyl groups is 1. The number of aliphatic hydroxyl groups excluding tert-OH is 1. The van der Waals surface area contributed by atoms with Crippen LogP contribution in [0.5, 0.6) is 11.5 Å². The Kier molecular flexibility index (Phi) is 7.89. The van der Waals surface area contributed by atoms with E-state index in [-0.39, 0.29) is 37.9 Å². The zero-order chi connectivity index (χ0) is 22.3. The number of likely N-dealkylation sites (N-methyl/N-ethyl adjacent to an activating group) is 1. The predicted molar refractivity (Wildman–Crippen MR) is 116 cm³/mol. The van der Waals surface area contributed by atoms with Gasteiger partial charge in [0.25, 0.3) is 5.91 Å². The van der Waals surface area contributed by atoms with E-state index in [1.165, 1.54) is 6.42 Å². The van der Waals surface area contributed by atoms with Crippen LogP contribution in [0, 0.1) is 0 Å². The molecule has 0 aromatic heterocycles. The van der Waals surface area contributed by atoms with Crippen LogP contribution in [-0.2, 0) is 19.0 Å². The molecule has 0 bridgehead atoms. The van der Waals surface area contributed by atoms with E-state index in [0.717, 1.165) is 37.0 Å². The van der Waals surface area contributed by atoms with Gasteiger partial charge >= 0.3 is 0 Å². The van der Waals surface area contributed by atoms with Crippen LogP contribution in [0.3, 0.4) is 0 Å². The lowest BCUT2D eigenvalue weighted by Crippen LogP contribution is -2.41. The third-order valence-electron chi connectivity index (χ3n) is 6.30. The molecule has 2 aliphatic heterocycles. The maximum absolute atomic E-state index is 13.3. The molecule has 0 unspecified atom stereocenters. The van der Waals surface area contributed by atoms with Gasteiger partial charge in [0.1, 0.15) is 0 Å². The maximum atomic E-state index is 13.3. The molecule has 1 amide bonds. The van der Waals surface area contributed by atoms with Gasteiger partial charge in [-0.05, 0) is 36.6 Å². The molecule has 8 nitrogen and oxygen atoms in total. The lowest BCUT2D eigenvalue weighted by Gasteiger charge is -2.34. The largest absolute Gasteiger partial charge is 0.459 e. The second-order valence-electron chi connectivity index (χ2n) is 8.45. The molecule has 0 radical (unpaired) electrons. The number of carbonyl (C=O) groups is 1. The second-order valence-corrected chi connectivity index (χ2v) is 8.45. The molecule has 1 saturated carbocycles. The topological polar surface area (TPSA) is 86.7 Å². The minimum absolute atomic E-state index is 0.0268. The fourth-order valence-electron chi connectivity index (χ4n) is 4.50. The first-order valence-electron chi connectivity index (χ1n) is 11.5. The van der Waals surface area contributed by atoms with E-state index in [2.05, 4.69) is 0 Å². The van der Waals surface area contributed by atoms with Gasteiger partial charge in [-0.3, -0.25) is 4.79 Å². The molecule has 1 aliphatic carbocycles. The van der Waals surface area contributed by atoms with Crippen LogP contribution in [0.25, 0.3) is 0 Å². The van der Waals surface area contributed by atoms with E-state index in [1.54, 1.807) is 0 Å². The summed E-state index contributed by atoms with van der Waals surface area (Å²) < 4.78 is 28.1. The molecule has 2 heterocycles. The molecule has 32 heavy (non-hydrogen) atoms. The number of hydrogen-bond donors (Lipinski definition) is 1. The van der Waals surface area contributed by atoms with Gasteiger partial charge in [0, 0.05) is 25.4 Å². The highest BCUT2D eigenvalue weighted by atomic mass is 16.7. The number of nitrogens with zero attached hydrogens (tertiary/aromatic N) is 1. The summed E-state index contributed by atoms with van der Waals surface area (Å²) in [6.07, 6.45) is 7.52. The van der Waals surface area contributed by atoms with Crippen molar-refractivity contribution in [1.82, 2.24) is 4.90 Å². The molecule has 1 aromatic rings. The molecule has 2 atom stereocenters. The lowest BCUT2D eigenvalue weighted by atomic mass is 9.91. The molecule has 176 valence electrons. The van der Waals surface area contributed by atoms with Gasteiger partial charge in [-0.1, -0.05) is 25.3 Å². The molecular weight excluding hydrogens is 414 g/mol.